The summed E-state index contributed by atoms with van der Waals surface area (Å²) in [6.45, 7) is 1.58. The highest BCUT2D eigenvalue weighted by molar-refractivity contribution is 5.93. The molecule has 0 radical (unpaired) electrons. The third kappa shape index (κ3) is 3.07. The molecule has 0 aliphatic heterocycles. The standard InChI is InChI=1S/C12H12FN3O2/c1-8(12(17)16-10-6-14-15-7-10)18-11-4-2-3-9(13)5-11/h2-8H,1H3,(H,14,15)(H,16,17). The van der Waals surface area contributed by atoms with E-state index >= 15 is 0 Å². The Balaban J connectivity index is 1.95. The summed E-state index contributed by atoms with van der Waals surface area (Å²) in [5, 5.41) is 8.88. The van der Waals surface area contributed by atoms with E-state index in [-0.39, 0.29) is 5.91 Å². The van der Waals surface area contributed by atoms with Gasteiger partial charge in [-0.1, -0.05) is 6.07 Å². The molecule has 0 bridgehead atoms. The molecule has 1 amide bonds. The Morgan fingerprint density at radius 2 is 2.39 bits per heavy atom. The molecule has 0 aliphatic rings. The fraction of sp³-hybridized carbons (Fsp3) is 0.167. The van der Waals surface area contributed by atoms with E-state index in [1.807, 2.05) is 0 Å². The topological polar surface area (TPSA) is 67.0 Å². The summed E-state index contributed by atoms with van der Waals surface area (Å²) in [6.07, 6.45) is 2.29. The van der Waals surface area contributed by atoms with E-state index in [1.54, 1.807) is 19.2 Å². The minimum Gasteiger partial charge on any atom is -0.481 e. The smallest absolute Gasteiger partial charge is 0.265 e. The third-order valence-corrected chi connectivity index (χ3v) is 2.24. The number of hydrogen-bond acceptors (Lipinski definition) is 3. The fourth-order valence-corrected chi connectivity index (χ4v) is 1.36. The maximum atomic E-state index is 12.9. The lowest BCUT2D eigenvalue weighted by Gasteiger charge is -2.13. The number of amides is 1. The number of halogens is 1. The van der Waals surface area contributed by atoms with Gasteiger partial charge in [0.05, 0.1) is 11.9 Å². The van der Waals surface area contributed by atoms with Crippen molar-refractivity contribution < 1.29 is 13.9 Å². The summed E-state index contributed by atoms with van der Waals surface area (Å²) in [6, 6.07) is 5.64. The lowest BCUT2D eigenvalue weighted by atomic mass is 10.3. The molecule has 0 saturated heterocycles. The molecular weight excluding hydrogens is 237 g/mol. The molecule has 0 aliphatic carbocycles. The zero-order valence-electron chi connectivity index (χ0n) is 9.68. The van der Waals surface area contributed by atoms with E-state index in [4.69, 9.17) is 4.74 Å². The van der Waals surface area contributed by atoms with Gasteiger partial charge in [0.25, 0.3) is 5.91 Å². The highest BCUT2D eigenvalue weighted by atomic mass is 19.1. The number of rotatable bonds is 4. The number of carbonyl (C=O) groups is 1. The molecule has 1 heterocycles. The normalized spacial score (nSPS) is 11.9. The summed E-state index contributed by atoms with van der Waals surface area (Å²) < 4.78 is 18.3. The molecule has 6 heteroatoms. The minimum atomic E-state index is -0.735. The number of nitrogens with one attached hydrogen (secondary N) is 2. The Morgan fingerprint density at radius 1 is 1.56 bits per heavy atom. The number of aromatic nitrogens is 2. The lowest BCUT2D eigenvalue weighted by Crippen LogP contribution is -2.30. The van der Waals surface area contributed by atoms with Crippen LogP contribution in [0.3, 0.4) is 0 Å². The maximum Gasteiger partial charge on any atom is 0.265 e. The SMILES string of the molecule is CC(Oc1cccc(F)c1)C(=O)Nc1cn[nH]c1. The highest BCUT2D eigenvalue weighted by Crippen LogP contribution is 2.14. The van der Waals surface area contributed by atoms with Gasteiger partial charge in [0.2, 0.25) is 0 Å². The maximum absolute atomic E-state index is 12.9. The van der Waals surface area contributed by atoms with Crippen LogP contribution in [0.4, 0.5) is 10.1 Å². The van der Waals surface area contributed by atoms with Crippen molar-refractivity contribution >= 4 is 11.6 Å². The molecule has 1 aromatic heterocycles. The number of benzene rings is 1. The van der Waals surface area contributed by atoms with Crippen LogP contribution >= 0.6 is 0 Å². The third-order valence-electron chi connectivity index (χ3n) is 2.24. The molecule has 0 saturated carbocycles. The Hall–Kier alpha value is -2.37. The van der Waals surface area contributed by atoms with Gasteiger partial charge in [-0.05, 0) is 19.1 Å². The first-order valence-corrected chi connectivity index (χ1v) is 5.37. The van der Waals surface area contributed by atoms with Crippen molar-refractivity contribution in [2.75, 3.05) is 5.32 Å². The zero-order valence-corrected chi connectivity index (χ0v) is 9.68. The first-order valence-electron chi connectivity index (χ1n) is 5.37. The molecule has 5 nitrogen and oxygen atoms in total. The van der Waals surface area contributed by atoms with Crippen LogP contribution in [0.1, 0.15) is 6.92 Å². The van der Waals surface area contributed by atoms with Gasteiger partial charge in [-0.2, -0.15) is 5.10 Å². The van der Waals surface area contributed by atoms with E-state index in [0.717, 1.165) is 0 Å². The predicted molar refractivity (Wildman–Crippen MR) is 63.7 cm³/mol. The number of aromatic amines is 1. The Morgan fingerprint density at radius 3 is 3.06 bits per heavy atom. The molecule has 18 heavy (non-hydrogen) atoms. The summed E-state index contributed by atoms with van der Waals surface area (Å²) in [5.74, 6) is -0.430. The number of nitrogens with zero attached hydrogens (tertiary/aromatic N) is 1. The Labute approximate surface area is 103 Å². The zero-order chi connectivity index (χ0) is 13.0. The van der Waals surface area contributed by atoms with E-state index in [9.17, 15) is 9.18 Å². The second-order valence-corrected chi connectivity index (χ2v) is 3.69. The predicted octanol–water partition coefficient (Wildman–Crippen LogP) is 1.95. The first kappa shape index (κ1) is 12.1. The molecule has 0 fully saturated rings. The number of H-pyrrole nitrogens is 1. The number of hydrogen-bond donors (Lipinski definition) is 2. The molecule has 0 spiro atoms. The summed E-state index contributed by atoms with van der Waals surface area (Å²) in [7, 11) is 0. The van der Waals surface area contributed by atoms with Crippen molar-refractivity contribution in [3.63, 3.8) is 0 Å². The van der Waals surface area contributed by atoms with Crippen molar-refractivity contribution in [2.24, 2.45) is 0 Å². The monoisotopic (exact) mass is 249 g/mol. The molecule has 2 aromatic rings. The highest BCUT2D eigenvalue weighted by Gasteiger charge is 2.15. The van der Waals surface area contributed by atoms with Crippen molar-refractivity contribution in [1.82, 2.24) is 10.2 Å². The van der Waals surface area contributed by atoms with E-state index < -0.39 is 11.9 Å². The number of carbonyl (C=O) groups excluding carboxylic acids is 1. The first-order chi connectivity index (χ1) is 8.65. The van der Waals surface area contributed by atoms with E-state index in [0.29, 0.717) is 11.4 Å². The van der Waals surface area contributed by atoms with Crippen molar-refractivity contribution in [1.29, 1.82) is 0 Å². The van der Waals surface area contributed by atoms with E-state index in [1.165, 1.54) is 24.4 Å². The summed E-state index contributed by atoms with van der Waals surface area (Å²) >= 11 is 0. The number of ether oxygens (including phenoxy) is 1. The average molecular weight is 249 g/mol. The minimum absolute atomic E-state index is 0.310. The number of anilines is 1. The molecule has 2 N–H and O–H groups in total. The average Bonchev–Trinajstić information content (AvgIpc) is 2.81. The van der Waals surface area contributed by atoms with Crippen molar-refractivity contribution in [3.05, 3.63) is 42.5 Å². The van der Waals surface area contributed by atoms with Crippen LogP contribution in [0.5, 0.6) is 5.75 Å². The van der Waals surface area contributed by atoms with Crippen LogP contribution in [0, 0.1) is 5.82 Å². The quantitative estimate of drug-likeness (QED) is 0.870. The van der Waals surface area contributed by atoms with Crippen LogP contribution in [0.2, 0.25) is 0 Å². The van der Waals surface area contributed by atoms with Gasteiger partial charge in [-0.25, -0.2) is 4.39 Å². The molecule has 2 rings (SSSR count). The van der Waals surface area contributed by atoms with Gasteiger partial charge < -0.3 is 10.1 Å². The fourth-order valence-electron chi connectivity index (χ4n) is 1.36. The van der Waals surface area contributed by atoms with Crippen LogP contribution in [-0.2, 0) is 4.79 Å². The van der Waals surface area contributed by atoms with Gasteiger partial charge in [0.15, 0.2) is 6.10 Å². The van der Waals surface area contributed by atoms with Crippen molar-refractivity contribution in [3.8, 4) is 5.75 Å². The van der Waals surface area contributed by atoms with Gasteiger partial charge >= 0.3 is 0 Å². The second-order valence-electron chi connectivity index (χ2n) is 3.69. The van der Waals surface area contributed by atoms with Gasteiger partial charge in [-0.3, -0.25) is 9.89 Å². The largest absolute Gasteiger partial charge is 0.481 e. The Bertz CT molecular complexity index is 528. The van der Waals surface area contributed by atoms with Crippen LogP contribution < -0.4 is 10.1 Å². The molecule has 94 valence electrons. The van der Waals surface area contributed by atoms with Crippen molar-refractivity contribution in [2.45, 2.75) is 13.0 Å². The second kappa shape index (κ2) is 5.31. The van der Waals surface area contributed by atoms with E-state index in [2.05, 4.69) is 15.5 Å². The van der Waals surface area contributed by atoms with Crippen LogP contribution in [0.25, 0.3) is 0 Å². The van der Waals surface area contributed by atoms with Crippen LogP contribution in [0.15, 0.2) is 36.7 Å². The molecule has 1 unspecified atom stereocenters. The summed E-state index contributed by atoms with van der Waals surface area (Å²) in [5.41, 5.74) is 0.551. The molecular formula is C12H12FN3O2. The van der Waals surface area contributed by atoms with Gasteiger partial charge in [0, 0.05) is 12.3 Å². The molecule has 1 aromatic carbocycles. The van der Waals surface area contributed by atoms with Gasteiger partial charge in [-0.15, -0.1) is 0 Å². The van der Waals surface area contributed by atoms with Gasteiger partial charge in [0.1, 0.15) is 11.6 Å². The Kier molecular flexibility index (Phi) is 3.57. The summed E-state index contributed by atoms with van der Waals surface area (Å²) in [4.78, 5) is 11.7. The lowest BCUT2D eigenvalue weighted by molar-refractivity contribution is -0.122. The molecule has 1 atom stereocenters. The van der Waals surface area contributed by atoms with Crippen LogP contribution in [-0.4, -0.2) is 22.2 Å².